The number of benzene rings is 2. The number of phenolic OH excluding ortho intramolecular Hbond substituents is 1. The van der Waals surface area contributed by atoms with Gasteiger partial charge >= 0.3 is 0 Å². The molecule has 0 spiro atoms. The van der Waals surface area contributed by atoms with Crippen molar-refractivity contribution in [1.82, 2.24) is 20.2 Å². The van der Waals surface area contributed by atoms with Crippen molar-refractivity contribution in [3.63, 3.8) is 0 Å². The van der Waals surface area contributed by atoms with E-state index >= 15 is 0 Å². The van der Waals surface area contributed by atoms with Crippen LogP contribution in [-0.4, -0.2) is 52.7 Å². The average molecular weight is 424 g/mol. The zero-order valence-corrected chi connectivity index (χ0v) is 17.6. The molecule has 4 rings (SSSR count). The van der Waals surface area contributed by atoms with E-state index < -0.39 is 0 Å². The summed E-state index contributed by atoms with van der Waals surface area (Å²) >= 11 is 5.97. The molecule has 0 amide bonds. The minimum Gasteiger partial charge on any atom is -0.506 e. The number of aromatic nitrogens is 2. The predicted octanol–water partition coefficient (Wildman–Crippen LogP) is 3.56. The third kappa shape index (κ3) is 5.48. The number of hydrogen-bond acceptors (Lipinski definition) is 6. The molecule has 0 radical (unpaired) electrons. The van der Waals surface area contributed by atoms with Gasteiger partial charge in [-0.3, -0.25) is 4.90 Å². The molecule has 0 unspecified atom stereocenters. The first-order valence-electron chi connectivity index (χ1n) is 10.2. The molecule has 30 heavy (non-hydrogen) atoms. The largest absolute Gasteiger partial charge is 0.506 e. The molecule has 156 valence electrons. The molecule has 0 bridgehead atoms. The summed E-state index contributed by atoms with van der Waals surface area (Å²) in [6, 6.07) is 15.8. The van der Waals surface area contributed by atoms with Crippen molar-refractivity contribution >= 4 is 17.5 Å². The molecule has 7 heteroatoms. The molecular weight excluding hydrogens is 398 g/mol. The van der Waals surface area contributed by atoms with Crippen LogP contribution in [0, 0.1) is 0 Å². The second-order valence-electron chi connectivity index (χ2n) is 7.45. The zero-order chi connectivity index (χ0) is 20.8. The lowest BCUT2D eigenvalue weighted by Gasteiger charge is -2.27. The Hall–Kier alpha value is -2.67. The molecule has 1 aromatic heterocycles. The summed E-state index contributed by atoms with van der Waals surface area (Å²) in [5, 5.41) is 16.6. The molecule has 1 aliphatic heterocycles. The van der Waals surface area contributed by atoms with Crippen LogP contribution in [0.4, 0.5) is 5.95 Å². The lowest BCUT2D eigenvalue weighted by molar-refractivity contribution is 0.233. The van der Waals surface area contributed by atoms with Gasteiger partial charge in [0.15, 0.2) is 0 Å². The van der Waals surface area contributed by atoms with E-state index in [4.69, 9.17) is 11.6 Å². The zero-order valence-electron chi connectivity index (χ0n) is 16.8. The molecule has 1 fully saturated rings. The second kappa shape index (κ2) is 9.89. The van der Waals surface area contributed by atoms with E-state index in [9.17, 15) is 5.11 Å². The fourth-order valence-electron chi connectivity index (χ4n) is 3.59. The van der Waals surface area contributed by atoms with Crippen LogP contribution in [0.15, 0.2) is 54.7 Å². The van der Waals surface area contributed by atoms with E-state index in [1.807, 2.05) is 12.1 Å². The molecule has 3 aromatic rings. The van der Waals surface area contributed by atoms with E-state index in [2.05, 4.69) is 49.8 Å². The Labute approximate surface area is 181 Å². The molecule has 1 saturated heterocycles. The fraction of sp³-hybridized carbons (Fsp3) is 0.304. The molecule has 2 aromatic carbocycles. The van der Waals surface area contributed by atoms with Crippen molar-refractivity contribution in [3.8, 4) is 17.0 Å². The number of nitrogens with one attached hydrogen (secondary N) is 2. The lowest BCUT2D eigenvalue weighted by Crippen LogP contribution is -2.42. The van der Waals surface area contributed by atoms with Crippen LogP contribution in [0.1, 0.15) is 11.1 Å². The number of anilines is 1. The van der Waals surface area contributed by atoms with Gasteiger partial charge < -0.3 is 15.7 Å². The van der Waals surface area contributed by atoms with E-state index in [0.29, 0.717) is 17.5 Å². The van der Waals surface area contributed by atoms with E-state index in [-0.39, 0.29) is 5.75 Å². The highest BCUT2D eigenvalue weighted by molar-refractivity contribution is 6.32. The summed E-state index contributed by atoms with van der Waals surface area (Å²) in [5.74, 6) is 0.702. The molecule has 0 atom stereocenters. The van der Waals surface area contributed by atoms with Crippen LogP contribution in [0.3, 0.4) is 0 Å². The normalized spacial score (nSPS) is 14.6. The van der Waals surface area contributed by atoms with Gasteiger partial charge in [0.2, 0.25) is 5.95 Å². The molecule has 2 heterocycles. The van der Waals surface area contributed by atoms with Crippen molar-refractivity contribution in [2.45, 2.75) is 13.0 Å². The van der Waals surface area contributed by atoms with E-state index in [1.165, 1.54) is 5.56 Å². The Morgan fingerprint density at radius 2 is 1.93 bits per heavy atom. The number of hydrogen-bond donors (Lipinski definition) is 3. The number of halogens is 1. The van der Waals surface area contributed by atoms with Crippen LogP contribution in [0.25, 0.3) is 11.3 Å². The van der Waals surface area contributed by atoms with E-state index in [0.717, 1.165) is 56.0 Å². The number of nitrogens with zero attached hydrogens (tertiary/aromatic N) is 3. The summed E-state index contributed by atoms with van der Waals surface area (Å²) in [4.78, 5) is 11.5. The summed E-state index contributed by atoms with van der Waals surface area (Å²) in [5.41, 5.74) is 4.34. The first kappa shape index (κ1) is 20.6. The van der Waals surface area contributed by atoms with Crippen LogP contribution >= 0.6 is 11.6 Å². The van der Waals surface area contributed by atoms with Gasteiger partial charge in [-0.2, -0.15) is 0 Å². The third-order valence-electron chi connectivity index (χ3n) is 5.20. The van der Waals surface area contributed by atoms with Crippen LogP contribution < -0.4 is 10.6 Å². The first-order chi connectivity index (χ1) is 14.7. The molecule has 6 nitrogen and oxygen atoms in total. The van der Waals surface area contributed by atoms with Crippen molar-refractivity contribution in [1.29, 1.82) is 0 Å². The summed E-state index contributed by atoms with van der Waals surface area (Å²) < 4.78 is 0. The Bertz CT molecular complexity index is 991. The minimum absolute atomic E-state index is 0.101. The number of phenols is 1. The summed E-state index contributed by atoms with van der Waals surface area (Å²) in [6.45, 7) is 5.90. The molecule has 0 aliphatic carbocycles. The van der Waals surface area contributed by atoms with Gasteiger partial charge in [-0.1, -0.05) is 35.9 Å². The molecular formula is C23H26ClN5O. The van der Waals surface area contributed by atoms with Crippen molar-refractivity contribution in [3.05, 3.63) is 70.9 Å². The van der Waals surface area contributed by atoms with Gasteiger partial charge in [0.1, 0.15) is 5.75 Å². The number of piperazine rings is 1. The standard InChI is InChI=1S/C23H26ClN5O/c24-20-15-17(4-5-22(20)30)6-8-26-23-27-9-7-21(28-23)19-3-1-2-18(14-19)16-29-12-10-25-11-13-29/h1-5,7,9,14-15,25,30H,6,8,10-13,16H2,(H,26,27,28). The first-order valence-corrected chi connectivity index (χ1v) is 10.6. The van der Waals surface area contributed by atoms with Crippen molar-refractivity contribution in [2.75, 3.05) is 38.0 Å². The Balaban J connectivity index is 1.39. The van der Waals surface area contributed by atoms with Crippen LogP contribution in [-0.2, 0) is 13.0 Å². The van der Waals surface area contributed by atoms with Gasteiger partial charge in [0.25, 0.3) is 0 Å². The molecule has 3 N–H and O–H groups in total. The summed E-state index contributed by atoms with van der Waals surface area (Å²) in [7, 11) is 0. The van der Waals surface area contributed by atoms with Crippen molar-refractivity contribution in [2.24, 2.45) is 0 Å². The highest BCUT2D eigenvalue weighted by Crippen LogP contribution is 2.24. The molecule has 1 aliphatic rings. The smallest absolute Gasteiger partial charge is 0.223 e. The number of aromatic hydroxyl groups is 1. The Morgan fingerprint density at radius 3 is 2.77 bits per heavy atom. The van der Waals surface area contributed by atoms with Crippen LogP contribution in [0.5, 0.6) is 5.75 Å². The number of rotatable bonds is 7. The maximum atomic E-state index is 9.52. The van der Waals surface area contributed by atoms with Gasteiger partial charge in [-0.05, 0) is 41.8 Å². The van der Waals surface area contributed by atoms with Gasteiger partial charge in [-0.15, -0.1) is 0 Å². The van der Waals surface area contributed by atoms with Crippen LogP contribution in [0.2, 0.25) is 5.02 Å². The SMILES string of the molecule is Oc1ccc(CCNc2nccc(-c3cccc(CN4CCNCC4)c3)n2)cc1Cl. The van der Waals surface area contributed by atoms with Gasteiger partial charge in [0.05, 0.1) is 10.7 Å². The third-order valence-corrected chi connectivity index (χ3v) is 5.51. The Kier molecular flexibility index (Phi) is 6.79. The maximum absolute atomic E-state index is 9.52. The minimum atomic E-state index is 0.101. The monoisotopic (exact) mass is 423 g/mol. The summed E-state index contributed by atoms with van der Waals surface area (Å²) in [6.07, 6.45) is 2.54. The molecule has 0 saturated carbocycles. The quantitative estimate of drug-likeness (QED) is 0.539. The fourth-order valence-corrected chi connectivity index (χ4v) is 3.79. The Morgan fingerprint density at radius 1 is 1.07 bits per heavy atom. The topological polar surface area (TPSA) is 73.3 Å². The second-order valence-corrected chi connectivity index (χ2v) is 7.86. The van der Waals surface area contributed by atoms with Crippen molar-refractivity contribution < 1.29 is 5.11 Å². The average Bonchev–Trinajstić information content (AvgIpc) is 2.77. The predicted molar refractivity (Wildman–Crippen MR) is 121 cm³/mol. The highest BCUT2D eigenvalue weighted by atomic mass is 35.5. The van der Waals surface area contributed by atoms with E-state index in [1.54, 1.807) is 18.3 Å². The maximum Gasteiger partial charge on any atom is 0.223 e. The lowest BCUT2D eigenvalue weighted by atomic mass is 10.1. The van der Waals surface area contributed by atoms with Gasteiger partial charge in [0, 0.05) is 51.0 Å². The van der Waals surface area contributed by atoms with Gasteiger partial charge in [-0.25, -0.2) is 9.97 Å². The highest BCUT2D eigenvalue weighted by Gasteiger charge is 2.11.